The number of rotatable bonds is 4. The molecule has 18 heavy (non-hydrogen) atoms. The Labute approximate surface area is 107 Å². The molecule has 1 amide bonds. The number of ether oxygens (including phenoxy) is 1. The van der Waals surface area contributed by atoms with E-state index in [1.807, 2.05) is 24.3 Å². The van der Waals surface area contributed by atoms with Crippen molar-refractivity contribution in [3.63, 3.8) is 0 Å². The van der Waals surface area contributed by atoms with Crippen LogP contribution in [-0.4, -0.2) is 41.7 Å². The van der Waals surface area contributed by atoms with E-state index in [1.165, 1.54) is 0 Å². The minimum Gasteiger partial charge on any atom is -0.497 e. The number of likely N-dealkylation sites (tertiary alicyclic amines) is 1. The molecule has 0 aliphatic carbocycles. The van der Waals surface area contributed by atoms with Gasteiger partial charge in [0.25, 0.3) is 0 Å². The van der Waals surface area contributed by atoms with Gasteiger partial charge in [0.05, 0.1) is 25.8 Å². The van der Waals surface area contributed by atoms with Crippen LogP contribution in [0.3, 0.4) is 0 Å². The normalized spacial score (nSPS) is 17.2. The summed E-state index contributed by atoms with van der Waals surface area (Å²) in [6, 6.07) is 7.74. The molecular weight excluding hydrogens is 230 g/mol. The van der Waals surface area contributed by atoms with Crippen molar-refractivity contribution < 1.29 is 14.6 Å². The van der Waals surface area contributed by atoms with Crippen molar-refractivity contribution in [2.45, 2.75) is 25.4 Å². The summed E-state index contributed by atoms with van der Waals surface area (Å²) in [4.78, 5) is 13.5. The highest BCUT2D eigenvalue weighted by Crippen LogP contribution is 2.21. The van der Waals surface area contributed by atoms with Crippen molar-refractivity contribution in [1.82, 2.24) is 4.90 Å². The zero-order valence-corrected chi connectivity index (χ0v) is 10.8. The SMILES string of the molecule is COc1ccc(CCC(=O)N2CC(C)(O)C2)cc1. The van der Waals surface area contributed by atoms with Crippen LogP contribution < -0.4 is 4.74 Å². The molecule has 0 radical (unpaired) electrons. The summed E-state index contributed by atoms with van der Waals surface area (Å²) < 4.78 is 5.08. The van der Waals surface area contributed by atoms with Crippen LogP contribution in [0.2, 0.25) is 0 Å². The molecule has 4 nitrogen and oxygen atoms in total. The summed E-state index contributed by atoms with van der Waals surface area (Å²) >= 11 is 0. The van der Waals surface area contributed by atoms with E-state index in [9.17, 15) is 9.90 Å². The molecule has 1 saturated heterocycles. The van der Waals surface area contributed by atoms with Crippen LogP contribution in [0.25, 0.3) is 0 Å². The Morgan fingerprint density at radius 1 is 1.39 bits per heavy atom. The van der Waals surface area contributed by atoms with E-state index in [0.29, 0.717) is 19.5 Å². The number of β-amino-alcohol motifs (C(OH)–C–C–N with tert-alkyl or cyclic N) is 1. The molecule has 1 heterocycles. The lowest BCUT2D eigenvalue weighted by Crippen LogP contribution is -2.61. The summed E-state index contributed by atoms with van der Waals surface area (Å²) in [6.07, 6.45) is 1.21. The number of hydrogen-bond acceptors (Lipinski definition) is 3. The second kappa shape index (κ2) is 4.98. The first-order chi connectivity index (χ1) is 8.50. The average molecular weight is 249 g/mol. The molecule has 1 aromatic carbocycles. The minimum absolute atomic E-state index is 0.109. The number of nitrogens with zero attached hydrogens (tertiary/aromatic N) is 1. The third kappa shape index (κ3) is 3.01. The van der Waals surface area contributed by atoms with Gasteiger partial charge in [-0.3, -0.25) is 4.79 Å². The quantitative estimate of drug-likeness (QED) is 0.873. The summed E-state index contributed by atoms with van der Waals surface area (Å²) in [5, 5.41) is 9.57. The molecule has 0 unspecified atom stereocenters. The topological polar surface area (TPSA) is 49.8 Å². The minimum atomic E-state index is -0.685. The van der Waals surface area contributed by atoms with E-state index in [2.05, 4.69) is 0 Å². The number of benzene rings is 1. The molecule has 1 aromatic rings. The Balaban J connectivity index is 1.79. The van der Waals surface area contributed by atoms with Gasteiger partial charge in [-0.25, -0.2) is 0 Å². The largest absolute Gasteiger partial charge is 0.497 e. The highest BCUT2D eigenvalue weighted by Gasteiger charge is 2.38. The molecule has 0 atom stereocenters. The first-order valence-electron chi connectivity index (χ1n) is 6.13. The number of carbonyl (C=O) groups is 1. The van der Waals surface area contributed by atoms with Crippen LogP contribution in [0.1, 0.15) is 18.9 Å². The monoisotopic (exact) mass is 249 g/mol. The number of hydrogen-bond donors (Lipinski definition) is 1. The van der Waals surface area contributed by atoms with Gasteiger partial charge in [-0.15, -0.1) is 0 Å². The highest BCUT2D eigenvalue weighted by molar-refractivity contribution is 5.77. The molecule has 0 saturated carbocycles. The zero-order chi connectivity index (χ0) is 13.2. The van der Waals surface area contributed by atoms with Gasteiger partial charge in [0, 0.05) is 6.42 Å². The number of aliphatic hydroxyl groups is 1. The van der Waals surface area contributed by atoms with Gasteiger partial charge < -0.3 is 14.7 Å². The van der Waals surface area contributed by atoms with Crippen molar-refractivity contribution in [2.24, 2.45) is 0 Å². The first-order valence-corrected chi connectivity index (χ1v) is 6.13. The van der Waals surface area contributed by atoms with Crippen molar-refractivity contribution in [3.05, 3.63) is 29.8 Å². The summed E-state index contributed by atoms with van der Waals surface area (Å²) in [5.74, 6) is 0.932. The molecule has 0 aromatic heterocycles. The first kappa shape index (κ1) is 12.9. The maximum absolute atomic E-state index is 11.8. The van der Waals surface area contributed by atoms with E-state index >= 15 is 0 Å². The van der Waals surface area contributed by atoms with Crippen LogP contribution >= 0.6 is 0 Å². The number of aryl methyl sites for hydroxylation is 1. The highest BCUT2D eigenvalue weighted by atomic mass is 16.5. The van der Waals surface area contributed by atoms with Crippen LogP contribution in [0.15, 0.2) is 24.3 Å². The fourth-order valence-corrected chi connectivity index (χ4v) is 2.15. The van der Waals surface area contributed by atoms with E-state index in [4.69, 9.17) is 4.74 Å². The second-order valence-electron chi connectivity index (χ2n) is 5.09. The molecule has 0 spiro atoms. The van der Waals surface area contributed by atoms with Gasteiger partial charge in [0.2, 0.25) is 5.91 Å². The lowest BCUT2D eigenvalue weighted by atomic mass is 9.96. The van der Waals surface area contributed by atoms with Crippen molar-refractivity contribution in [2.75, 3.05) is 20.2 Å². The van der Waals surface area contributed by atoms with Gasteiger partial charge in [-0.05, 0) is 31.0 Å². The van der Waals surface area contributed by atoms with E-state index in [1.54, 1.807) is 18.9 Å². The fraction of sp³-hybridized carbons (Fsp3) is 0.500. The third-order valence-electron chi connectivity index (χ3n) is 3.20. The number of carbonyl (C=O) groups excluding carboxylic acids is 1. The van der Waals surface area contributed by atoms with Crippen molar-refractivity contribution >= 4 is 5.91 Å². The second-order valence-corrected chi connectivity index (χ2v) is 5.09. The zero-order valence-electron chi connectivity index (χ0n) is 10.8. The maximum Gasteiger partial charge on any atom is 0.223 e. The third-order valence-corrected chi connectivity index (χ3v) is 3.20. The molecule has 1 aliphatic rings. The van der Waals surface area contributed by atoms with Crippen LogP contribution in [0, 0.1) is 0 Å². The molecule has 4 heteroatoms. The average Bonchev–Trinajstić information content (AvgIpc) is 2.33. The van der Waals surface area contributed by atoms with Crippen molar-refractivity contribution in [3.8, 4) is 5.75 Å². The molecule has 0 bridgehead atoms. The van der Waals surface area contributed by atoms with E-state index < -0.39 is 5.60 Å². The molecule has 98 valence electrons. The smallest absolute Gasteiger partial charge is 0.223 e. The molecule has 2 rings (SSSR count). The Morgan fingerprint density at radius 2 is 2.00 bits per heavy atom. The fourth-order valence-electron chi connectivity index (χ4n) is 2.15. The lowest BCUT2D eigenvalue weighted by molar-refractivity contribution is -0.152. The number of methoxy groups -OCH3 is 1. The Hall–Kier alpha value is -1.55. The predicted octanol–water partition coefficient (Wildman–Crippen LogP) is 1.22. The predicted molar refractivity (Wildman–Crippen MR) is 68.5 cm³/mol. The van der Waals surface area contributed by atoms with Gasteiger partial charge >= 0.3 is 0 Å². The van der Waals surface area contributed by atoms with E-state index in [-0.39, 0.29) is 5.91 Å². The van der Waals surface area contributed by atoms with Gasteiger partial charge in [0.1, 0.15) is 5.75 Å². The summed E-state index contributed by atoms with van der Waals surface area (Å²) in [6.45, 7) is 2.66. The lowest BCUT2D eigenvalue weighted by Gasteiger charge is -2.44. The Morgan fingerprint density at radius 3 is 2.50 bits per heavy atom. The number of amides is 1. The van der Waals surface area contributed by atoms with Crippen LogP contribution in [0.5, 0.6) is 5.75 Å². The Kier molecular flexibility index (Phi) is 3.57. The van der Waals surface area contributed by atoms with Crippen LogP contribution in [0.4, 0.5) is 0 Å². The maximum atomic E-state index is 11.8. The summed E-state index contributed by atoms with van der Waals surface area (Å²) in [7, 11) is 1.63. The molecule has 1 fully saturated rings. The summed E-state index contributed by atoms with van der Waals surface area (Å²) in [5.41, 5.74) is 0.437. The van der Waals surface area contributed by atoms with Crippen molar-refractivity contribution in [1.29, 1.82) is 0 Å². The standard InChI is InChI=1S/C14H19NO3/c1-14(17)9-15(10-14)13(16)8-5-11-3-6-12(18-2)7-4-11/h3-4,6-7,17H,5,8-10H2,1-2H3. The van der Waals surface area contributed by atoms with E-state index in [0.717, 1.165) is 17.7 Å². The van der Waals surface area contributed by atoms with Gasteiger partial charge in [0.15, 0.2) is 0 Å². The molecular formula is C14H19NO3. The Bertz CT molecular complexity index is 417. The molecule has 1 aliphatic heterocycles. The van der Waals surface area contributed by atoms with Gasteiger partial charge in [-0.1, -0.05) is 12.1 Å². The van der Waals surface area contributed by atoms with Gasteiger partial charge in [-0.2, -0.15) is 0 Å². The van der Waals surface area contributed by atoms with Crippen LogP contribution in [-0.2, 0) is 11.2 Å². The molecule has 1 N–H and O–H groups in total.